The SMILES string of the molecule is O=C(O)CC(CC(F)(F)C(F)(F)C(F)(F)C(F)F)(C(=O)O)S(=O)(=O)O. The molecule has 0 aromatic rings. The van der Waals surface area contributed by atoms with Crippen molar-refractivity contribution in [2.45, 2.75) is 41.8 Å². The summed E-state index contributed by atoms with van der Waals surface area (Å²) in [4.78, 5) is 21.3. The van der Waals surface area contributed by atoms with E-state index in [1.807, 2.05) is 0 Å². The van der Waals surface area contributed by atoms with Crippen LogP contribution < -0.4 is 0 Å². The lowest BCUT2D eigenvalue weighted by atomic mass is 9.90. The first-order valence-electron chi connectivity index (χ1n) is 5.60. The molecular weight excluding hydrogens is 404 g/mol. The molecule has 25 heavy (non-hydrogen) atoms. The first kappa shape index (κ1) is 23.3. The van der Waals surface area contributed by atoms with Crippen molar-refractivity contribution < 1.29 is 67.9 Å². The number of hydrogen-bond acceptors (Lipinski definition) is 4. The molecule has 0 saturated carbocycles. The number of halogens is 8. The van der Waals surface area contributed by atoms with Gasteiger partial charge in [-0.1, -0.05) is 0 Å². The van der Waals surface area contributed by atoms with Crippen LogP contribution in [0.1, 0.15) is 12.8 Å². The van der Waals surface area contributed by atoms with Gasteiger partial charge in [0.25, 0.3) is 10.1 Å². The fourth-order valence-electron chi connectivity index (χ4n) is 1.60. The molecule has 0 aliphatic rings. The third kappa shape index (κ3) is 3.94. The average Bonchev–Trinajstić information content (AvgIpc) is 2.34. The van der Waals surface area contributed by atoms with Gasteiger partial charge >= 0.3 is 36.1 Å². The second kappa shape index (κ2) is 6.54. The fraction of sp³-hybridized carbons (Fsp3) is 0.778. The Hall–Kier alpha value is -1.71. The van der Waals surface area contributed by atoms with Gasteiger partial charge in [0.1, 0.15) is 0 Å². The number of carboxylic acids is 2. The maximum atomic E-state index is 13.5. The van der Waals surface area contributed by atoms with Crippen molar-refractivity contribution in [2.75, 3.05) is 0 Å². The van der Waals surface area contributed by atoms with Crippen LogP contribution in [0.5, 0.6) is 0 Å². The van der Waals surface area contributed by atoms with Gasteiger partial charge < -0.3 is 10.2 Å². The van der Waals surface area contributed by atoms with Gasteiger partial charge in [0.15, 0.2) is 0 Å². The van der Waals surface area contributed by atoms with Crippen molar-refractivity contribution >= 4 is 22.1 Å². The Labute approximate surface area is 133 Å². The van der Waals surface area contributed by atoms with Crippen molar-refractivity contribution in [2.24, 2.45) is 0 Å². The van der Waals surface area contributed by atoms with E-state index in [9.17, 15) is 53.1 Å². The number of alkyl halides is 8. The van der Waals surface area contributed by atoms with Crippen molar-refractivity contribution in [1.29, 1.82) is 0 Å². The Morgan fingerprint density at radius 1 is 0.960 bits per heavy atom. The zero-order chi connectivity index (χ0) is 20.6. The first-order valence-corrected chi connectivity index (χ1v) is 7.04. The highest BCUT2D eigenvalue weighted by Gasteiger charge is 2.77. The van der Waals surface area contributed by atoms with Crippen LogP contribution in [0.4, 0.5) is 35.1 Å². The summed E-state index contributed by atoms with van der Waals surface area (Å²) in [6, 6.07) is 0. The summed E-state index contributed by atoms with van der Waals surface area (Å²) in [5.41, 5.74) is 0. The topological polar surface area (TPSA) is 129 Å². The van der Waals surface area contributed by atoms with Crippen LogP contribution in [-0.4, -0.2) is 64.1 Å². The molecule has 0 aliphatic heterocycles. The number of carboxylic acid groups (broad SMARTS) is 2. The van der Waals surface area contributed by atoms with Crippen LogP contribution in [0, 0.1) is 0 Å². The largest absolute Gasteiger partial charge is 0.481 e. The molecule has 0 heterocycles. The molecular formula is C9H8F8O7S. The molecule has 0 aliphatic carbocycles. The van der Waals surface area contributed by atoms with Gasteiger partial charge in [-0.15, -0.1) is 0 Å². The standard InChI is InChI=1S/C9H8F8O7S/c10-4(11)8(14,15)9(16,17)7(12,13)2-6(5(20)21,1-3(18)19)25(22,23)24/h4H,1-2H2,(H,18,19)(H,20,21)(H,22,23,24). The lowest BCUT2D eigenvalue weighted by Crippen LogP contribution is -2.62. The third-order valence-corrected chi connectivity index (χ3v) is 4.43. The highest BCUT2D eigenvalue weighted by Crippen LogP contribution is 2.52. The van der Waals surface area contributed by atoms with E-state index in [-0.39, 0.29) is 0 Å². The Balaban J connectivity index is 6.41. The van der Waals surface area contributed by atoms with Crippen LogP contribution in [0.25, 0.3) is 0 Å². The molecule has 148 valence electrons. The lowest BCUT2D eigenvalue weighted by molar-refractivity contribution is -0.340. The number of rotatable bonds is 9. The molecule has 0 amide bonds. The van der Waals surface area contributed by atoms with Gasteiger partial charge in [0, 0.05) is 0 Å². The summed E-state index contributed by atoms with van der Waals surface area (Å²) in [7, 11) is -6.41. The predicted octanol–water partition coefficient (Wildman–Crippen LogP) is 1.73. The van der Waals surface area contributed by atoms with E-state index in [1.54, 1.807) is 0 Å². The molecule has 0 radical (unpaired) electrons. The summed E-state index contributed by atoms with van der Waals surface area (Å²) in [6.45, 7) is 0. The maximum Gasteiger partial charge on any atom is 0.377 e. The van der Waals surface area contributed by atoms with Gasteiger partial charge in [0.2, 0.25) is 4.75 Å². The molecule has 0 saturated heterocycles. The van der Waals surface area contributed by atoms with E-state index in [1.165, 1.54) is 0 Å². The van der Waals surface area contributed by atoms with Crippen molar-refractivity contribution in [3.05, 3.63) is 0 Å². The molecule has 0 rings (SSSR count). The predicted molar refractivity (Wildman–Crippen MR) is 59.6 cm³/mol. The molecule has 0 bridgehead atoms. The van der Waals surface area contributed by atoms with E-state index >= 15 is 0 Å². The molecule has 7 nitrogen and oxygen atoms in total. The zero-order valence-corrected chi connectivity index (χ0v) is 12.2. The Kier molecular flexibility index (Phi) is 6.10. The summed E-state index contributed by atoms with van der Waals surface area (Å²) >= 11 is 0. The maximum absolute atomic E-state index is 13.5. The molecule has 0 aromatic carbocycles. The molecule has 16 heteroatoms. The Morgan fingerprint density at radius 2 is 1.36 bits per heavy atom. The van der Waals surface area contributed by atoms with E-state index in [2.05, 4.69) is 0 Å². The lowest BCUT2D eigenvalue weighted by Gasteiger charge is -2.36. The second-order valence-corrected chi connectivity index (χ2v) is 6.46. The number of aliphatic carboxylic acids is 2. The van der Waals surface area contributed by atoms with E-state index in [0.717, 1.165) is 0 Å². The minimum absolute atomic E-state index is 2.45. The smallest absolute Gasteiger partial charge is 0.377 e. The summed E-state index contributed by atoms with van der Waals surface area (Å²) < 4.78 is 129. The summed E-state index contributed by atoms with van der Waals surface area (Å²) in [5, 5.41) is 17.0. The quantitative estimate of drug-likeness (QED) is 0.389. The van der Waals surface area contributed by atoms with E-state index in [0.29, 0.717) is 0 Å². The normalized spacial score (nSPS) is 16.6. The molecule has 0 aromatic heterocycles. The van der Waals surface area contributed by atoms with Crippen molar-refractivity contribution in [3.8, 4) is 0 Å². The zero-order valence-electron chi connectivity index (χ0n) is 11.4. The molecule has 1 atom stereocenters. The molecule has 1 unspecified atom stereocenters. The summed E-state index contributed by atoms with van der Waals surface area (Å²) in [5.74, 6) is -25.8. The van der Waals surface area contributed by atoms with Gasteiger partial charge in [-0.3, -0.25) is 14.1 Å². The van der Waals surface area contributed by atoms with E-state index < -0.39 is 63.8 Å². The summed E-state index contributed by atoms with van der Waals surface area (Å²) in [6.07, 6.45) is -11.2. The Bertz CT molecular complexity index is 646. The highest BCUT2D eigenvalue weighted by molar-refractivity contribution is 7.88. The van der Waals surface area contributed by atoms with Crippen LogP contribution in [0.2, 0.25) is 0 Å². The Morgan fingerprint density at radius 3 is 1.60 bits per heavy atom. The molecule has 0 fully saturated rings. The van der Waals surface area contributed by atoms with Crippen LogP contribution in [-0.2, 0) is 19.7 Å². The van der Waals surface area contributed by atoms with Crippen molar-refractivity contribution in [3.63, 3.8) is 0 Å². The van der Waals surface area contributed by atoms with Gasteiger partial charge in [-0.05, 0) is 0 Å². The fourth-order valence-corrected chi connectivity index (χ4v) is 2.49. The molecule has 0 spiro atoms. The van der Waals surface area contributed by atoms with Crippen LogP contribution in [0.15, 0.2) is 0 Å². The molecule has 3 N–H and O–H groups in total. The van der Waals surface area contributed by atoms with Crippen LogP contribution in [0.3, 0.4) is 0 Å². The second-order valence-electron chi connectivity index (χ2n) is 4.72. The third-order valence-electron chi connectivity index (χ3n) is 2.98. The minimum Gasteiger partial charge on any atom is -0.481 e. The van der Waals surface area contributed by atoms with E-state index in [4.69, 9.17) is 14.8 Å². The number of hydrogen-bond donors (Lipinski definition) is 3. The van der Waals surface area contributed by atoms with Gasteiger partial charge in [-0.2, -0.15) is 34.8 Å². The average molecular weight is 412 g/mol. The van der Waals surface area contributed by atoms with Gasteiger partial charge in [-0.25, -0.2) is 8.78 Å². The van der Waals surface area contributed by atoms with Crippen molar-refractivity contribution in [1.82, 2.24) is 0 Å². The minimum atomic E-state index is -6.99. The van der Waals surface area contributed by atoms with Crippen LogP contribution >= 0.6 is 0 Å². The number of carbonyl (C=O) groups is 2. The highest BCUT2D eigenvalue weighted by atomic mass is 32.2. The monoisotopic (exact) mass is 412 g/mol. The first-order chi connectivity index (χ1) is 10.8. The van der Waals surface area contributed by atoms with Gasteiger partial charge in [0.05, 0.1) is 12.8 Å².